The van der Waals surface area contributed by atoms with Gasteiger partial charge in [0, 0.05) is 0 Å². The number of nitrogens with zero attached hydrogens (tertiary/aromatic N) is 4. The van der Waals surface area contributed by atoms with Crippen LogP contribution in [0.4, 0.5) is 0 Å². The Morgan fingerprint density at radius 3 is 0.815 bits per heavy atom. The largest absolute Gasteiger partial charge is 6.00 e. The third-order valence-electron chi connectivity index (χ3n) is 2.76. The van der Waals surface area contributed by atoms with Gasteiger partial charge in [-0.1, -0.05) is 81.1 Å². The van der Waals surface area contributed by atoms with E-state index in [0.29, 0.717) is 11.8 Å². The summed E-state index contributed by atoms with van der Waals surface area (Å²) in [6.45, 7) is 27.7. The van der Waals surface area contributed by atoms with Crippen molar-refractivity contribution in [2.75, 3.05) is 14.1 Å². The molecule has 0 heterocycles. The van der Waals surface area contributed by atoms with E-state index < -0.39 is 0 Å². The summed E-state index contributed by atoms with van der Waals surface area (Å²) in [5.74, 6) is 1.03. The molecule has 6 nitrogen and oxygen atoms in total. The topological polar surface area (TPSA) is 90.5 Å². The fourth-order valence-electron chi connectivity index (χ4n) is 1.80. The van der Waals surface area contributed by atoms with E-state index in [1.807, 2.05) is 14.1 Å². The molecule has 2 unspecified atom stereocenters. The number of hydrogen-bond acceptors (Lipinski definition) is 2. The van der Waals surface area contributed by atoms with Crippen LogP contribution in [0, 0.1) is 11.8 Å². The molecule has 0 aromatic heterocycles. The summed E-state index contributed by atoms with van der Waals surface area (Å²) >= 11 is 0. The molecule has 0 aromatic rings. The van der Waals surface area contributed by atoms with Crippen molar-refractivity contribution in [1.82, 2.24) is 0 Å². The molecule has 27 heavy (non-hydrogen) atoms. The first-order valence-corrected chi connectivity index (χ1v) is 8.82. The van der Waals surface area contributed by atoms with Crippen molar-refractivity contribution in [1.29, 1.82) is 0 Å². The van der Waals surface area contributed by atoms with Gasteiger partial charge in [-0.3, -0.25) is 13.6 Å². The SMILES string of the molecule is C[N-]C([N-]C(C)(C)C)C(C)C.C[N-]C([N-]C(C)(C)C)C(C)C.[CH-]=O.[CH-]=O.[Ru+6]. The van der Waals surface area contributed by atoms with E-state index in [1.54, 1.807) is 0 Å². The van der Waals surface area contributed by atoms with E-state index in [1.165, 1.54) is 0 Å². The van der Waals surface area contributed by atoms with Crippen molar-refractivity contribution in [3.63, 3.8) is 0 Å². The number of rotatable bonds is 6. The Labute approximate surface area is 182 Å². The van der Waals surface area contributed by atoms with Gasteiger partial charge in [-0.2, -0.15) is 14.1 Å². The fourth-order valence-corrected chi connectivity index (χ4v) is 1.80. The van der Waals surface area contributed by atoms with E-state index in [0.717, 1.165) is 0 Å². The van der Waals surface area contributed by atoms with Crippen molar-refractivity contribution in [3.8, 4) is 0 Å². The van der Waals surface area contributed by atoms with Gasteiger partial charge < -0.3 is 30.9 Å². The minimum Gasteiger partial charge on any atom is -0.680 e. The summed E-state index contributed by atoms with van der Waals surface area (Å²) in [5.41, 5.74) is 0.0723. The average Bonchev–Trinajstić information content (AvgIpc) is 2.52. The molecule has 162 valence electrons. The Morgan fingerprint density at radius 1 is 0.593 bits per heavy atom. The van der Waals surface area contributed by atoms with E-state index in [2.05, 4.69) is 104 Å². The fraction of sp³-hybridized carbons (Fsp3) is 0.900. The van der Waals surface area contributed by atoms with Crippen LogP contribution in [0.5, 0.6) is 0 Å². The van der Waals surface area contributed by atoms with Crippen molar-refractivity contribution in [2.45, 2.75) is 92.6 Å². The molecule has 0 radical (unpaired) electrons. The van der Waals surface area contributed by atoms with Crippen molar-refractivity contribution in [3.05, 3.63) is 21.3 Å². The first-order chi connectivity index (χ1) is 11.7. The Bertz CT molecular complexity index is 273. The maximum atomic E-state index is 7.75. The van der Waals surface area contributed by atoms with E-state index >= 15 is 0 Å². The van der Waals surface area contributed by atoms with Crippen LogP contribution in [0.3, 0.4) is 0 Å². The Balaban J connectivity index is -0.0000000975. The zero-order valence-electron chi connectivity index (χ0n) is 19.4. The molecule has 0 aliphatic rings. The molecule has 0 aromatic carbocycles. The second-order valence-electron chi connectivity index (χ2n) is 8.43. The van der Waals surface area contributed by atoms with Crippen LogP contribution in [0.2, 0.25) is 0 Å². The van der Waals surface area contributed by atoms with Crippen LogP contribution in [0.15, 0.2) is 0 Å². The molecule has 0 aliphatic carbocycles. The predicted octanol–water partition coefficient (Wildman–Crippen LogP) is 5.74. The van der Waals surface area contributed by atoms with Crippen molar-refractivity contribution >= 4 is 13.6 Å². The van der Waals surface area contributed by atoms with Crippen LogP contribution in [-0.4, -0.2) is 51.1 Å². The van der Waals surface area contributed by atoms with Gasteiger partial charge in [0.25, 0.3) is 0 Å². The third kappa shape index (κ3) is 30.8. The summed E-state index contributed by atoms with van der Waals surface area (Å²) in [6.07, 6.45) is 0.324. The van der Waals surface area contributed by atoms with Crippen LogP contribution in [0.25, 0.3) is 21.3 Å². The van der Waals surface area contributed by atoms with Gasteiger partial charge in [-0.15, -0.1) is 11.1 Å². The Morgan fingerprint density at radius 2 is 0.778 bits per heavy atom. The minimum absolute atomic E-state index is 0. The predicted molar refractivity (Wildman–Crippen MR) is 116 cm³/mol. The maximum absolute atomic E-state index is 7.75. The molecule has 0 spiro atoms. The second kappa shape index (κ2) is 20.5. The normalized spacial score (nSPS) is 13.0. The molecule has 2 atom stereocenters. The van der Waals surface area contributed by atoms with Gasteiger partial charge in [0.2, 0.25) is 0 Å². The smallest absolute Gasteiger partial charge is 0.680 e. The van der Waals surface area contributed by atoms with Crippen molar-refractivity contribution in [2.24, 2.45) is 11.8 Å². The minimum atomic E-state index is 0. The molecule has 0 amide bonds. The molecule has 0 saturated heterocycles. The van der Waals surface area contributed by atoms with E-state index in [4.69, 9.17) is 9.59 Å². The van der Waals surface area contributed by atoms with Crippen LogP contribution in [0.1, 0.15) is 69.2 Å². The number of hydrogen-bond donors (Lipinski definition) is 0. The van der Waals surface area contributed by atoms with Gasteiger partial charge >= 0.3 is 19.5 Å². The zero-order chi connectivity index (χ0) is 22.1. The van der Waals surface area contributed by atoms with Gasteiger partial charge in [0.05, 0.1) is 0 Å². The summed E-state index contributed by atoms with van der Waals surface area (Å²) in [4.78, 5) is 15.5. The van der Waals surface area contributed by atoms with Crippen LogP contribution >= 0.6 is 0 Å². The van der Waals surface area contributed by atoms with Gasteiger partial charge in [0.15, 0.2) is 0 Å². The van der Waals surface area contributed by atoms with Gasteiger partial charge in [-0.05, 0) is 0 Å². The molecule has 0 fully saturated rings. The molecular weight excluding hydrogens is 429 g/mol. The zero-order valence-corrected chi connectivity index (χ0v) is 21.2. The Hall–Kier alpha value is -0.197. The molecule has 0 saturated carbocycles. The van der Waals surface area contributed by atoms with Crippen LogP contribution in [-0.2, 0) is 29.1 Å². The molecular formula is C20H42N4O2Ru. The second-order valence-corrected chi connectivity index (χ2v) is 8.43. The van der Waals surface area contributed by atoms with E-state index in [9.17, 15) is 0 Å². The summed E-state index contributed by atoms with van der Waals surface area (Å²) < 4.78 is 0. The maximum Gasteiger partial charge on any atom is 6.00 e. The monoisotopic (exact) mass is 472 g/mol. The van der Waals surface area contributed by atoms with Gasteiger partial charge in [-0.25, -0.2) is 12.3 Å². The molecule has 0 aliphatic heterocycles. The van der Waals surface area contributed by atoms with Crippen molar-refractivity contribution < 1.29 is 29.1 Å². The standard InChI is InChI=1S/2C9H20N2.2CHO.Ru/c2*1-7(2)8(10-6)11-9(3,4)5;2*1-2;/h2*7-8H,1-6H3;2*1H;/q2*-2;2*-1;+6. The van der Waals surface area contributed by atoms with Gasteiger partial charge in [0.1, 0.15) is 0 Å². The molecule has 0 bridgehead atoms. The first kappa shape index (κ1) is 37.5. The van der Waals surface area contributed by atoms with E-state index in [-0.39, 0.29) is 42.9 Å². The molecule has 0 N–H and O–H groups in total. The molecule has 0 rings (SSSR count). The summed E-state index contributed by atoms with van der Waals surface area (Å²) in [5, 5.41) is 17.5. The number of carbonyl (C=O) groups excluding carboxylic acids is 2. The summed E-state index contributed by atoms with van der Waals surface area (Å²) in [6, 6.07) is 0. The first-order valence-electron chi connectivity index (χ1n) is 8.82. The molecule has 7 heteroatoms. The third-order valence-corrected chi connectivity index (χ3v) is 2.76. The quantitative estimate of drug-likeness (QED) is 0.281. The average molecular weight is 472 g/mol. The van der Waals surface area contributed by atoms with Crippen LogP contribution < -0.4 is 0 Å². The summed E-state index contributed by atoms with van der Waals surface area (Å²) in [7, 11) is 3.67. The Kier molecular flexibility index (Phi) is 28.6.